The highest BCUT2D eigenvalue weighted by molar-refractivity contribution is 6.05. The van der Waals surface area contributed by atoms with Crippen molar-refractivity contribution >= 4 is 22.6 Å². The number of hydrogen-bond donors (Lipinski definition) is 1. The van der Waals surface area contributed by atoms with Crippen molar-refractivity contribution in [2.24, 2.45) is 5.73 Å². The van der Waals surface area contributed by atoms with Gasteiger partial charge in [-0.05, 0) is 24.3 Å². The highest BCUT2D eigenvalue weighted by Gasteiger charge is 2.11. The summed E-state index contributed by atoms with van der Waals surface area (Å²) < 4.78 is 1.87. The molecule has 0 saturated carbocycles. The number of primary amides is 1. The van der Waals surface area contributed by atoms with E-state index < -0.39 is 5.91 Å². The van der Waals surface area contributed by atoms with E-state index in [4.69, 9.17) is 5.73 Å². The van der Waals surface area contributed by atoms with Crippen LogP contribution in [-0.2, 0) is 0 Å². The fourth-order valence-corrected chi connectivity index (χ4v) is 1.91. The maximum absolute atomic E-state index is 11.3. The van der Waals surface area contributed by atoms with Crippen LogP contribution in [0.3, 0.4) is 0 Å². The fraction of sp³-hybridized carbons (Fsp3) is 0. The van der Waals surface area contributed by atoms with Crippen LogP contribution in [-0.4, -0.2) is 15.3 Å². The van der Waals surface area contributed by atoms with Crippen LogP contribution in [0.25, 0.3) is 16.7 Å². The van der Waals surface area contributed by atoms with Gasteiger partial charge in [0.25, 0.3) is 5.91 Å². The number of rotatable bonds is 1. The lowest BCUT2D eigenvalue weighted by Gasteiger charge is -1.99. The van der Waals surface area contributed by atoms with E-state index in [0.717, 1.165) is 16.7 Å². The van der Waals surface area contributed by atoms with Crippen LogP contribution in [0.15, 0.2) is 42.6 Å². The summed E-state index contributed by atoms with van der Waals surface area (Å²) in [5.74, 6) is -0.434. The van der Waals surface area contributed by atoms with Crippen LogP contribution >= 0.6 is 0 Å². The Labute approximate surface area is 91.3 Å². The van der Waals surface area contributed by atoms with E-state index in [-0.39, 0.29) is 0 Å². The zero-order valence-electron chi connectivity index (χ0n) is 8.42. The number of aromatic nitrogens is 2. The van der Waals surface area contributed by atoms with E-state index in [9.17, 15) is 4.79 Å². The van der Waals surface area contributed by atoms with Gasteiger partial charge in [-0.15, -0.1) is 0 Å². The molecule has 0 spiro atoms. The molecule has 0 atom stereocenters. The van der Waals surface area contributed by atoms with Gasteiger partial charge in [-0.2, -0.15) is 0 Å². The second-order valence-corrected chi connectivity index (χ2v) is 3.58. The van der Waals surface area contributed by atoms with E-state index in [1.54, 1.807) is 12.1 Å². The van der Waals surface area contributed by atoms with Crippen molar-refractivity contribution in [2.45, 2.75) is 0 Å². The van der Waals surface area contributed by atoms with Crippen molar-refractivity contribution in [1.82, 2.24) is 9.38 Å². The molecule has 2 heterocycles. The lowest BCUT2D eigenvalue weighted by Crippen LogP contribution is -2.11. The molecule has 2 aromatic heterocycles. The second kappa shape index (κ2) is 3.06. The summed E-state index contributed by atoms with van der Waals surface area (Å²) in [6.45, 7) is 0. The number of amides is 1. The molecule has 0 unspecified atom stereocenters. The fourth-order valence-electron chi connectivity index (χ4n) is 1.91. The molecule has 4 nitrogen and oxygen atoms in total. The summed E-state index contributed by atoms with van der Waals surface area (Å²) in [4.78, 5) is 15.8. The monoisotopic (exact) mass is 211 g/mol. The molecule has 2 N–H and O–H groups in total. The molecule has 0 aliphatic carbocycles. The van der Waals surface area contributed by atoms with Gasteiger partial charge in [0.1, 0.15) is 5.65 Å². The Morgan fingerprint density at radius 3 is 2.88 bits per heavy atom. The molecule has 0 bridgehead atoms. The summed E-state index contributed by atoms with van der Waals surface area (Å²) >= 11 is 0. The zero-order valence-corrected chi connectivity index (χ0v) is 8.42. The third-order valence-electron chi connectivity index (χ3n) is 2.59. The van der Waals surface area contributed by atoms with Crippen molar-refractivity contribution in [2.75, 3.05) is 0 Å². The first-order chi connectivity index (χ1) is 7.77. The standard InChI is InChI=1S/C12H9N3O/c13-12(16)8-4-3-5-9-11(8)15-7-2-1-6-10(15)14-9/h1-7H,(H2,13,16). The quantitative estimate of drug-likeness (QED) is 0.664. The maximum atomic E-state index is 11.3. The number of benzene rings is 1. The molecule has 1 amide bonds. The number of carbonyl (C=O) groups is 1. The van der Waals surface area contributed by atoms with Crippen LogP contribution in [0, 0.1) is 0 Å². The number of para-hydroxylation sites is 1. The minimum atomic E-state index is -0.434. The van der Waals surface area contributed by atoms with Gasteiger partial charge in [-0.1, -0.05) is 12.1 Å². The molecular formula is C12H9N3O. The van der Waals surface area contributed by atoms with Gasteiger partial charge in [0, 0.05) is 6.20 Å². The van der Waals surface area contributed by atoms with Crippen LogP contribution in [0.5, 0.6) is 0 Å². The Morgan fingerprint density at radius 1 is 1.19 bits per heavy atom. The molecule has 0 radical (unpaired) electrons. The van der Waals surface area contributed by atoms with Gasteiger partial charge in [0.2, 0.25) is 0 Å². The van der Waals surface area contributed by atoms with E-state index in [1.165, 1.54) is 0 Å². The Morgan fingerprint density at radius 2 is 2.06 bits per heavy atom. The number of fused-ring (bicyclic) bond motifs is 3. The minimum Gasteiger partial charge on any atom is -0.366 e. The van der Waals surface area contributed by atoms with E-state index >= 15 is 0 Å². The predicted molar refractivity (Wildman–Crippen MR) is 61.2 cm³/mol. The molecule has 3 aromatic rings. The first-order valence-electron chi connectivity index (χ1n) is 4.93. The number of carbonyl (C=O) groups excluding carboxylic acids is 1. The highest BCUT2D eigenvalue weighted by Crippen LogP contribution is 2.19. The first kappa shape index (κ1) is 8.91. The number of hydrogen-bond acceptors (Lipinski definition) is 2. The van der Waals surface area contributed by atoms with Crippen molar-refractivity contribution in [3.8, 4) is 0 Å². The van der Waals surface area contributed by atoms with Crippen LogP contribution in [0.4, 0.5) is 0 Å². The van der Waals surface area contributed by atoms with Gasteiger partial charge < -0.3 is 5.73 Å². The largest absolute Gasteiger partial charge is 0.366 e. The van der Waals surface area contributed by atoms with Gasteiger partial charge >= 0.3 is 0 Å². The van der Waals surface area contributed by atoms with Crippen LogP contribution in [0.1, 0.15) is 10.4 Å². The maximum Gasteiger partial charge on any atom is 0.250 e. The average molecular weight is 211 g/mol. The van der Waals surface area contributed by atoms with Crippen LogP contribution < -0.4 is 5.73 Å². The van der Waals surface area contributed by atoms with Crippen molar-refractivity contribution in [3.05, 3.63) is 48.2 Å². The summed E-state index contributed by atoms with van der Waals surface area (Å²) in [7, 11) is 0. The van der Waals surface area contributed by atoms with E-state index in [0.29, 0.717) is 5.56 Å². The highest BCUT2D eigenvalue weighted by atomic mass is 16.1. The molecule has 0 saturated heterocycles. The number of imidazole rings is 1. The molecule has 1 aromatic carbocycles. The van der Waals surface area contributed by atoms with Gasteiger partial charge in [0.15, 0.2) is 0 Å². The lowest BCUT2D eigenvalue weighted by atomic mass is 10.2. The molecule has 0 fully saturated rings. The van der Waals surface area contributed by atoms with Gasteiger partial charge in [-0.3, -0.25) is 9.20 Å². The predicted octanol–water partition coefficient (Wildman–Crippen LogP) is 1.59. The van der Waals surface area contributed by atoms with Crippen molar-refractivity contribution in [3.63, 3.8) is 0 Å². The average Bonchev–Trinajstić information content (AvgIpc) is 2.66. The Balaban J connectivity index is 2.57. The first-order valence-corrected chi connectivity index (χ1v) is 4.93. The molecule has 4 heteroatoms. The van der Waals surface area contributed by atoms with Crippen LogP contribution in [0.2, 0.25) is 0 Å². The molecule has 0 aliphatic heterocycles. The molecule has 0 aliphatic rings. The third-order valence-corrected chi connectivity index (χ3v) is 2.59. The number of nitrogens with two attached hydrogens (primary N) is 1. The van der Waals surface area contributed by atoms with Crippen molar-refractivity contribution in [1.29, 1.82) is 0 Å². The molecule has 16 heavy (non-hydrogen) atoms. The van der Waals surface area contributed by atoms with E-state index in [2.05, 4.69) is 4.98 Å². The molecule has 78 valence electrons. The molecular weight excluding hydrogens is 202 g/mol. The normalized spacial score (nSPS) is 11.0. The summed E-state index contributed by atoms with van der Waals surface area (Å²) in [6.07, 6.45) is 1.87. The minimum absolute atomic E-state index is 0.434. The Kier molecular flexibility index (Phi) is 1.71. The SMILES string of the molecule is NC(=O)c1cccc2nc3ccccn3c12. The Hall–Kier alpha value is -2.36. The number of pyridine rings is 1. The van der Waals surface area contributed by atoms with E-state index in [1.807, 2.05) is 34.9 Å². The lowest BCUT2D eigenvalue weighted by molar-refractivity contribution is 0.100. The third kappa shape index (κ3) is 1.10. The molecule has 3 rings (SSSR count). The zero-order chi connectivity index (χ0) is 11.1. The summed E-state index contributed by atoms with van der Waals surface area (Å²) in [5.41, 5.74) is 8.21. The number of nitrogens with zero attached hydrogens (tertiary/aromatic N) is 2. The van der Waals surface area contributed by atoms with Gasteiger partial charge in [-0.25, -0.2) is 4.98 Å². The van der Waals surface area contributed by atoms with Crippen molar-refractivity contribution < 1.29 is 4.79 Å². The topological polar surface area (TPSA) is 60.4 Å². The smallest absolute Gasteiger partial charge is 0.250 e. The summed E-state index contributed by atoms with van der Waals surface area (Å²) in [5, 5.41) is 0. The second-order valence-electron chi connectivity index (χ2n) is 3.58. The van der Waals surface area contributed by atoms with Gasteiger partial charge in [0.05, 0.1) is 16.6 Å². The Bertz CT molecular complexity index is 700. The summed E-state index contributed by atoms with van der Waals surface area (Å²) in [6, 6.07) is 11.1.